The van der Waals surface area contributed by atoms with Crippen LogP contribution in [0.3, 0.4) is 0 Å². The van der Waals surface area contributed by atoms with Gasteiger partial charge in [0.25, 0.3) is 20.2 Å². The standard InChI is InChI=1S/C13H8O7S2/c14-12-9-4-2-1-3-7(9)8-5-6-10(21(15,16)17)13(11(8)12)22(18,19)20/h1-6H,(H,15,16,17)(H,18,19,20). The van der Waals surface area contributed by atoms with E-state index in [1.165, 1.54) is 12.1 Å². The number of ketones is 1. The summed E-state index contributed by atoms with van der Waals surface area (Å²) in [6.45, 7) is 0. The molecule has 0 saturated heterocycles. The second kappa shape index (κ2) is 4.46. The lowest BCUT2D eigenvalue weighted by Crippen LogP contribution is -2.13. The molecule has 0 saturated carbocycles. The zero-order chi connectivity index (χ0) is 16.3. The first kappa shape index (κ1) is 14.9. The molecule has 22 heavy (non-hydrogen) atoms. The van der Waals surface area contributed by atoms with Crippen LogP contribution in [0.25, 0.3) is 11.1 Å². The van der Waals surface area contributed by atoms with E-state index in [0.717, 1.165) is 6.07 Å². The van der Waals surface area contributed by atoms with E-state index in [4.69, 9.17) is 4.55 Å². The maximum Gasteiger partial charge on any atom is 0.296 e. The molecule has 1 aliphatic rings. The predicted octanol–water partition coefficient (Wildman–Crippen LogP) is 1.39. The van der Waals surface area contributed by atoms with Crippen molar-refractivity contribution >= 4 is 26.0 Å². The molecule has 2 aromatic carbocycles. The summed E-state index contributed by atoms with van der Waals surface area (Å²) in [7, 11) is -9.99. The normalized spacial score (nSPS) is 13.8. The minimum atomic E-state index is -5.05. The molecule has 1 aliphatic carbocycles. The summed E-state index contributed by atoms with van der Waals surface area (Å²) in [6.07, 6.45) is 0. The first-order valence-electron chi connectivity index (χ1n) is 5.88. The van der Waals surface area contributed by atoms with Crippen molar-refractivity contribution in [1.29, 1.82) is 0 Å². The molecule has 0 aliphatic heterocycles. The molecule has 2 N–H and O–H groups in total. The first-order chi connectivity index (χ1) is 10.1. The van der Waals surface area contributed by atoms with Crippen LogP contribution in [0, 0.1) is 0 Å². The van der Waals surface area contributed by atoms with Crippen LogP contribution in [-0.4, -0.2) is 31.7 Å². The lowest BCUT2D eigenvalue weighted by molar-refractivity contribution is 0.104. The minimum Gasteiger partial charge on any atom is -0.289 e. The highest BCUT2D eigenvalue weighted by Gasteiger charge is 2.37. The third kappa shape index (κ3) is 2.06. The van der Waals surface area contributed by atoms with Crippen LogP contribution in [0.2, 0.25) is 0 Å². The Bertz CT molecular complexity index is 1030. The molecule has 2 aromatic rings. The van der Waals surface area contributed by atoms with Crippen molar-refractivity contribution in [2.24, 2.45) is 0 Å². The molecule has 0 heterocycles. The summed E-state index contributed by atoms with van der Waals surface area (Å²) < 4.78 is 64.4. The van der Waals surface area contributed by atoms with Crippen molar-refractivity contribution in [2.45, 2.75) is 9.79 Å². The van der Waals surface area contributed by atoms with Crippen molar-refractivity contribution in [3.05, 3.63) is 47.5 Å². The quantitative estimate of drug-likeness (QED) is 0.675. The van der Waals surface area contributed by atoms with E-state index < -0.39 is 41.4 Å². The van der Waals surface area contributed by atoms with Crippen LogP contribution in [0.4, 0.5) is 0 Å². The van der Waals surface area contributed by atoms with Gasteiger partial charge in [-0.1, -0.05) is 30.3 Å². The molecule has 0 fully saturated rings. The van der Waals surface area contributed by atoms with E-state index in [9.17, 15) is 26.2 Å². The number of hydrogen-bond donors (Lipinski definition) is 2. The van der Waals surface area contributed by atoms with Crippen molar-refractivity contribution in [3.63, 3.8) is 0 Å². The monoisotopic (exact) mass is 340 g/mol. The maximum atomic E-state index is 12.4. The second-order valence-corrected chi connectivity index (χ2v) is 7.39. The Morgan fingerprint density at radius 2 is 1.32 bits per heavy atom. The van der Waals surface area contributed by atoms with E-state index in [-0.39, 0.29) is 11.1 Å². The summed E-state index contributed by atoms with van der Waals surface area (Å²) >= 11 is 0. The first-order valence-corrected chi connectivity index (χ1v) is 8.76. The van der Waals surface area contributed by atoms with Crippen LogP contribution in [-0.2, 0) is 20.2 Å². The third-order valence-electron chi connectivity index (χ3n) is 3.35. The number of rotatable bonds is 2. The number of benzene rings is 2. The van der Waals surface area contributed by atoms with Gasteiger partial charge in [0.2, 0.25) is 0 Å². The third-order valence-corrected chi connectivity index (χ3v) is 5.31. The zero-order valence-electron chi connectivity index (χ0n) is 10.7. The van der Waals surface area contributed by atoms with Crippen molar-refractivity contribution < 1.29 is 30.7 Å². The van der Waals surface area contributed by atoms with E-state index >= 15 is 0 Å². The molecule has 0 bridgehead atoms. The molecular formula is C13H8O7S2. The van der Waals surface area contributed by atoms with Gasteiger partial charge in [0, 0.05) is 5.56 Å². The summed E-state index contributed by atoms with van der Waals surface area (Å²) in [5.74, 6) is -0.733. The molecule has 0 amide bonds. The molecule has 0 atom stereocenters. The predicted molar refractivity (Wildman–Crippen MR) is 74.9 cm³/mol. The zero-order valence-corrected chi connectivity index (χ0v) is 12.3. The fraction of sp³-hybridized carbons (Fsp3) is 0. The van der Waals surface area contributed by atoms with E-state index in [2.05, 4.69) is 0 Å². The molecule has 7 nitrogen and oxygen atoms in total. The Hall–Kier alpha value is -2.07. The van der Waals surface area contributed by atoms with Crippen molar-refractivity contribution in [2.75, 3.05) is 0 Å². The van der Waals surface area contributed by atoms with E-state index in [1.54, 1.807) is 18.2 Å². The average molecular weight is 340 g/mol. The van der Waals surface area contributed by atoms with Crippen LogP contribution in [0.5, 0.6) is 0 Å². The van der Waals surface area contributed by atoms with Gasteiger partial charge in [0.05, 0.1) is 5.56 Å². The van der Waals surface area contributed by atoms with Gasteiger partial charge in [0.1, 0.15) is 9.79 Å². The lowest BCUT2D eigenvalue weighted by Gasteiger charge is -2.09. The lowest BCUT2D eigenvalue weighted by atomic mass is 10.1. The number of hydrogen-bond acceptors (Lipinski definition) is 5. The number of fused-ring (bicyclic) bond motifs is 3. The Balaban J connectivity index is 2.52. The molecule has 0 spiro atoms. The van der Waals surface area contributed by atoms with Crippen LogP contribution in [0.15, 0.2) is 46.2 Å². The summed E-state index contributed by atoms with van der Waals surface area (Å²) in [4.78, 5) is 10.2. The molecule has 114 valence electrons. The fourth-order valence-electron chi connectivity index (χ4n) is 2.52. The van der Waals surface area contributed by atoms with E-state index in [0.29, 0.717) is 5.56 Å². The topological polar surface area (TPSA) is 126 Å². The molecule has 0 unspecified atom stereocenters. The van der Waals surface area contributed by atoms with Crippen LogP contribution >= 0.6 is 0 Å². The van der Waals surface area contributed by atoms with Gasteiger partial charge in [0.15, 0.2) is 5.78 Å². The van der Waals surface area contributed by atoms with Gasteiger partial charge in [-0.05, 0) is 17.2 Å². The fourth-order valence-corrected chi connectivity index (χ4v) is 4.51. The highest BCUT2D eigenvalue weighted by molar-refractivity contribution is 7.89. The molecule has 3 rings (SSSR count). The van der Waals surface area contributed by atoms with E-state index in [1.807, 2.05) is 0 Å². The highest BCUT2D eigenvalue weighted by Crippen LogP contribution is 2.41. The highest BCUT2D eigenvalue weighted by atomic mass is 32.2. The van der Waals surface area contributed by atoms with Crippen LogP contribution < -0.4 is 0 Å². The number of carbonyl (C=O) groups excluding carboxylic acids is 1. The largest absolute Gasteiger partial charge is 0.296 e. The van der Waals surface area contributed by atoms with Crippen LogP contribution in [0.1, 0.15) is 15.9 Å². The molecular weight excluding hydrogens is 332 g/mol. The molecule has 0 radical (unpaired) electrons. The van der Waals surface area contributed by atoms with Gasteiger partial charge in [-0.25, -0.2) is 0 Å². The Kier molecular flexibility index (Phi) is 3.01. The average Bonchev–Trinajstić information content (AvgIpc) is 2.70. The van der Waals surface area contributed by atoms with Gasteiger partial charge < -0.3 is 0 Å². The second-order valence-electron chi connectivity index (χ2n) is 4.64. The summed E-state index contributed by atoms with van der Waals surface area (Å²) in [6, 6.07) is 8.28. The summed E-state index contributed by atoms with van der Waals surface area (Å²) in [5.41, 5.74) is 0.337. The van der Waals surface area contributed by atoms with Crippen molar-refractivity contribution in [3.8, 4) is 11.1 Å². The Morgan fingerprint density at radius 3 is 1.86 bits per heavy atom. The van der Waals surface area contributed by atoms with Gasteiger partial charge in [-0.3, -0.25) is 13.9 Å². The number of carbonyl (C=O) groups is 1. The van der Waals surface area contributed by atoms with Gasteiger partial charge in [-0.2, -0.15) is 16.8 Å². The Labute approximate surface area is 125 Å². The van der Waals surface area contributed by atoms with Gasteiger partial charge >= 0.3 is 0 Å². The smallest absolute Gasteiger partial charge is 0.289 e. The van der Waals surface area contributed by atoms with Crippen molar-refractivity contribution in [1.82, 2.24) is 0 Å². The van der Waals surface area contributed by atoms with Gasteiger partial charge in [-0.15, -0.1) is 0 Å². The molecule has 9 heteroatoms. The Morgan fingerprint density at radius 1 is 0.727 bits per heavy atom. The SMILES string of the molecule is O=C1c2ccccc2-c2ccc(S(=O)(=O)O)c(S(=O)(=O)O)c21. The minimum absolute atomic E-state index is 0.181. The maximum absolute atomic E-state index is 12.4. The summed E-state index contributed by atoms with van der Waals surface area (Å²) in [5, 5.41) is 0. The molecule has 0 aromatic heterocycles.